The third-order valence-electron chi connectivity index (χ3n) is 3.80. The number of rotatable bonds is 5. The van der Waals surface area contributed by atoms with E-state index in [2.05, 4.69) is 17.2 Å². The quantitative estimate of drug-likeness (QED) is 0.871. The molecule has 1 aliphatic heterocycles. The second kappa shape index (κ2) is 7.41. The number of aliphatic hydroxyl groups is 1. The Morgan fingerprint density at radius 1 is 1.38 bits per heavy atom. The minimum absolute atomic E-state index is 0.0403. The maximum atomic E-state index is 12.6. The van der Waals surface area contributed by atoms with Crippen LogP contribution in [0.3, 0.4) is 0 Å². The van der Waals surface area contributed by atoms with Gasteiger partial charge >= 0.3 is 0 Å². The fraction of sp³-hybridized carbons (Fsp3) is 0.625. The summed E-state index contributed by atoms with van der Waals surface area (Å²) in [6.07, 6.45) is 2.89. The van der Waals surface area contributed by atoms with Gasteiger partial charge in [-0.3, -0.25) is 4.79 Å². The molecule has 5 heteroatoms. The van der Waals surface area contributed by atoms with E-state index in [0.29, 0.717) is 31.5 Å². The predicted molar refractivity (Wildman–Crippen MR) is 83.5 cm³/mol. The van der Waals surface area contributed by atoms with Crippen LogP contribution in [0.15, 0.2) is 12.1 Å². The summed E-state index contributed by atoms with van der Waals surface area (Å²) in [7, 11) is 0. The number of nitrogens with one attached hydrogen (secondary N) is 1. The SMILES string of the molecule is CCCNc1cc(C(=O)N2CCC(O)CC2)cc(CC)n1. The Bertz CT molecular complexity index is 482. The highest BCUT2D eigenvalue weighted by molar-refractivity contribution is 5.95. The van der Waals surface area contributed by atoms with E-state index in [1.54, 1.807) is 0 Å². The number of pyridine rings is 1. The molecule has 0 unspecified atom stereocenters. The molecule has 1 aromatic heterocycles. The number of hydrogen-bond donors (Lipinski definition) is 2. The van der Waals surface area contributed by atoms with Crippen LogP contribution in [0.1, 0.15) is 49.2 Å². The number of likely N-dealkylation sites (tertiary alicyclic amines) is 1. The fourth-order valence-corrected chi connectivity index (χ4v) is 2.49. The van der Waals surface area contributed by atoms with Crippen LogP contribution in [0.25, 0.3) is 0 Å². The van der Waals surface area contributed by atoms with E-state index in [1.807, 2.05) is 24.0 Å². The lowest BCUT2D eigenvalue weighted by Crippen LogP contribution is -2.40. The third kappa shape index (κ3) is 4.17. The maximum Gasteiger partial charge on any atom is 0.254 e. The summed E-state index contributed by atoms with van der Waals surface area (Å²) in [5.41, 5.74) is 1.62. The van der Waals surface area contributed by atoms with Crippen molar-refractivity contribution in [3.63, 3.8) is 0 Å². The van der Waals surface area contributed by atoms with E-state index in [-0.39, 0.29) is 12.0 Å². The molecule has 0 atom stereocenters. The van der Waals surface area contributed by atoms with Crippen LogP contribution in [0.4, 0.5) is 5.82 Å². The zero-order valence-electron chi connectivity index (χ0n) is 12.9. The number of aromatic nitrogens is 1. The topological polar surface area (TPSA) is 65.5 Å². The smallest absolute Gasteiger partial charge is 0.254 e. The van der Waals surface area contributed by atoms with Gasteiger partial charge in [0.25, 0.3) is 5.91 Å². The van der Waals surface area contributed by atoms with Gasteiger partial charge in [-0.2, -0.15) is 0 Å². The second-order valence-electron chi connectivity index (χ2n) is 5.54. The van der Waals surface area contributed by atoms with Crippen molar-refractivity contribution in [3.05, 3.63) is 23.4 Å². The highest BCUT2D eigenvalue weighted by atomic mass is 16.3. The summed E-state index contributed by atoms with van der Waals surface area (Å²) in [6.45, 7) is 6.24. The summed E-state index contributed by atoms with van der Waals surface area (Å²) in [4.78, 5) is 18.9. The van der Waals surface area contributed by atoms with Gasteiger partial charge in [0, 0.05) is 30.9 Å². The first-order chi connectivity index (χ1) is 10.1. The summed E-state index contributed by atoms with van der Waals surface area (Å²) in [6, 6.07) is 3.71. The summed E-state index contributed by atoms with van der Waals surface area (Å²) in [5.74, 6) is 0.815. The first kappa shape index (κ1) is 15.8. The molecule has 1 aromatic rings. The Balaban J connectivity index is 2.15. The van der Waals surface area contributed by atoms with E-state index >= 15 is 0 Å². The summed E-state index contributed by atoms with van der Waals surface area (Å²) in [5, 5.41) is 12.8. The van der Waals surface area contributed by atoms with Crippen molar-refractivity contribution in [3.8, 4) is 0 Å². The van der Waals surface area contributed by atoms with E-state index in [9.17, 15) is 9.90 Å². The van der Waals surface area contributed by atoms with Crippen molar-refractivity contribution >= 4 is 11.7 Å². The van der Waals surface area contributed by atoms with Gasteiger partial charge in [-0.05, 0) is 37.8 Å². The number of aliphatic hydroxyl groups excluding tert-OH is 1. The van der Waals surface area contributed by atoms with Crippen LogP contribution in [0, 0.1) is 0 Å². The number of hydrogen-bond acceptors (Lipinski definition) is 4. The molecule has 2 rings (SSSR count). The van der Waals surface area contributed by atoms with Crippen LogP contribution >= 0.6 is 0 Å². The Morgan fingerprint density at radius 2 is 2.10 bits per heavy atom. The summed E-state index contributed by atoms with van der Waals surface area (Å²) >= 11 is 0. The number of carbonyl (C=O) groups excluding carboxylic acids is 1. The van der Waals surface area contributed by atoms with Crippen LogP contribution in [0.2, 0.25) is 0 Å². The molecule has 0 saturated carbocycles. The molecule has 0 bridgehead atoms. The first-order valence-corrected chi connectivity index (χ1v) is 7.86. The minimum atomic E-state index is -0.264. The third-order valence-corrected chi connectivity index (χ3v) is 3.80. The van der Waals surface area contributed by atoms with Crippen molar-refractivity contribution in [2.24, 2.45) is 0 Å². The van der Waals surface area contributed by atoms with Crippen molar-refractivity contribution in [2.75, 3.05) is 25.0 Å². The van der Waals surface area contributed by atoms with E-state index < -0.39 is 0 Å². The van der Waals surface area contributed by atoms with Crippen LogP contribution < -0.4 is 5.32 Å². The second-order valence-corrected chi connectivity index (χ2v) is 5.54. The normalized spacial score (nSPS) is 16.0. The number of anilines is 1. The highest BCUT2D eigenvalue weighted by Crippen LogP contribution is 2.17. The van der Waals surface area contributed by atoms with Crippen molar-refractivity contribution < 1.29 is 9.90 Å². The van der Waals surface area contributed by atoms with Gasteiger partial charge in [-0.15, -0.1) is 0 Å². The zero-order valence-corrected chi connectivity index (χ0v) is 12.9. The van der Waals surface area contributed by atoms with Crippen molar-refractivity contribution in [2.45, 2.75) is 45.6 Å². The molecule has 5 nitrogen and oxygen atoms in total. The Labute approximate surface area is 126 Å². The Hall–Kier alpha value is -1.62. The van der Waals surface area contributed by atoms with Gasteiger partial charge in [0.1, 0.15) is 5.82 Å². The molecule has 0 spiro atoms. The summed E-state index contributed by atoms with van der Waals surface area (Å²) < 4.78 is 0. The molecule has 1 aliphatic rings. The first-order valence-electron chi connectivity index (χ1n) is 7.86. The van der Waals surface area contributed by atoms with Gasteiger partial charge in [0.05, 0.1) is 6.10 Å². The standard InChI is InChI=1S/C16H25N3O2/c1-3-7-17-15-11-12(10-13(4-2)18-15)16(21)19-8-5-14(20)6-9-19/h10-11,14,20H,3-9H2,1-2H3,(H,17,18). The van der Waals surface area contributed by atoms with E-state index in [0.717, 1.165) is 30.9 Å². The molecular formula is C16H25N3O2. The fourth-order valence-electron chi connectivity index (χ4n) is 2.49. The van der Waals surface area contributed by atoms with Gasteiger partial charge in [0.2, 0.25) is 0 Å². The Morgan fingerprint density at radius 3 is 2.71 bits per heavy atom. The molecule has 21 heavy (non-hydrogen) atoms. The zero-order chi connectivity index (χ0) is 15.2. The number of aryl methyl sites for hydroxylation is 1. The number of nitrogens with zero attached hydrogens (tertiary/aromatic N) is 2. The number of carbonyl (C=O) groups is 1. The minimum Gasteiger partial charge on any atom is -0.393 e. The largest absolute Gasteiger partial charge is 0.393 e. The Kier molecular flexibility index (Phi) is 5.56. The molecule has 2 heterocycles. The molecule has 116 valence electrons. The molecule has 1 amide bonds. The molecule has 0 aromatic carbocycles. The van der Waals surface area contributed by atoms with Crippen molar-refractivity contribution in [1.29, 1.82) is 0 Å². The van der Waals surface area contributed by atoms with Gasteiger partial charge < -0.3 is 15.3 Å². The average molecular weight is 291 g/mol. The number of amides is 1. The van der Waals surface area contributed by atoms with Gasteiger partial charge in [0.15, 0.2) is 0 Å². The lowest BCUT2D eigenvalue weighted by atomic mass is 10.1. The highest BCUT2D eigenvalue weighted by Gasteiger charge is 2.23. The van der Waals surface area contributed by atoms with E-state index in [4.69, 9.17) is 0 Å². The van der Waals surface area contributed by atoms with Gasteiger partial charge in [-0.25, -0.2) is 4.98 Å². The molecule has 1 saturated heterocycles. The molecule has 1 fully saturated rings. The number of piperidine rings is 1. The molecular weight excluding hydrogens is 266 g/mol. The molecule has 0 radical (unpaired) electrons. The molecule has 0 aliphatic carbocycles. The maximum absolute atomic E-state index is 12.6. The van der Waals surface area contributed by atoms with E-state index in [1.165, 1.54) is 0 Å². The monoisotopic (exact) mass is 291 g/mol. The van der Waals surface area contributed by atoms with Crippen LogP contribution in [-0.2, 0) is 6.42 Å². The van der Waals surface area contributed by atoms with Crippen LogP contribution in [0.5, 0.6) is 0 Å². The van der Waals surface area contributed by atoms with Crippen molar-refractivity contribution in [1.82, 2.24) is 9.88 Å². The lowest BCUT2D eigenvalue weighted by Gasteiger charge is -2.29. The van der Waals surface area contributed by atoms with Gasteiger partial charge in [-0.1, -0.05) is 13.8 Å². The lowest BCUT2D eigenvalue weighted by molar-refractivity contribution is 0.0546. The molecule has 2 N–H and O–H groups in total. The van der Waals surface area contributed by atoms with Crippen LogP contribution in [-0.4, -0.2) is 46.6 Å². The average Bonchev–Trinajstić information content (AvgIpc) is 2.52. The predicted octanol–water partition coefficient (Wildman–Crippen LogP) is 2.06.